The number of carbonyl (C=O) groups is 4. The number of fused-ring (bicyclic) bond motifs is 2. The van der Waals surface area contributed by atoms with Crippen LogP contribution in [0.1, 0.15) is 51.7 Å². The Hall–Kier alpha value is -5.84. The summed E-state index contributed by atoms with van der Waals surface area (Å²) in [7, 11) is 2.76. The maximum Gasteiger partial charge on any atom is 0.360 e. The number of benzene rings is 2. The smallest absolute Gasteiger partial charge is 0.360 e. The Kier molecular flexibility index (Phi) is 13.9. The summed E-state index contributed by atoms with van der Waals surface area (Å²) in [6.45, 7) is 9.84. The molecule has 8 atom stereocenters. The van der Waals surface area contributed by atoms with Crippen LogP contribution in [-0.4, -0.2) is 118 Å². The molecule has 2 aromatic carbocycles. The van der Waals surface area contributed by atoms with Crippen LogP contribution in [-0.2, 0) is 38.1 Å². The Morgan fingerprint density at radius 3 is 1.33 bits per heavy atom. The number of nitrogens with one attached hydrogen (secondary N) is 2. The third kappa shape index (κ3) is 9.64. The van der Waals surface area contributed by atoms with Crippen LogP contribution in [0.5, 0.6) is 11.5 Å². The minimum atomic E-state index is -1.47. The van der Waals surface area contributed by atoms with Crippen molar-refractivity contribution in [2.45, 2.75) is 115 Å². The lowest BCUT2D eigenvalue weighted by atomic mass is 9.89. The molecule has 4 heterocycles. The van der Waals surface area contributed by atoms with Gasteiger partial charge in [-0.25, -0.2) is 9.59 Å². The number of amides is 2. The van der Waals surface area contributed by atoms with Gasteiger partial charge in [-0.2, -0.15) is 0 Å². The van der Waals surface area contributed by atoms with Crippen LogP contribution < -0.4 is 31.4 Å². The molecule has 6 N–H and O–H groups in total. The van der Waals surface area contributed by atoms with Crippen molar-refractivity contribution in [2.75, 3.05) is 24.9 Å². The van der Waals surface area contributed by atoms with Gasteiger partial charge < -0.3 is 68.3 Å². The SMILES string of the molecule is CO[C@@H]1[C@@H](O)[C@@H](O)[C@H](Oc2ccc3cc(NC(=O)C(=O)C/C=C/CC(=O)C(=O)Nc4cc5ccc(O[C@@H]6OC(C)(C)[C@H](OC)[C@@H](O)[C@H]6O)c(C)c5oc4=O)c(=O)oc3c2C)OC1(C)C. The molecule has 2 aliphatic heterocycles. The molecule has 2 amide bonds. The van der Waals surface area contributed by atoms with E-state index in [1.807, 2.05) is 0 Å². The number of hydrogen-bond acceptors (Lipinski definition) is 18. The van der Waals surface area contributed by atoms with Crippen LogP contribution in [0.3, 0.4) is 0 Å². The highest BCUT2D eigenvalue weighted by Crippen LogP contribution is 2.37. The predicted octanol–water partition coefficient (Wildman–Crippen LogP) is 2.07. The van der Waals surface area contributed by atoms with Crippen molar-refractivity contribution in [3.8, 4) is 11.5 Å². The minimum absolute atomic E-state index is 0.0841. The van der Waals surface area contributed by atoms with Gasteiger partial charge in [0, 0.05) is 49.0 Å². The molecule has 0 bridgehead atoms. The van der Waals surface area contributed by atoms with Gasteiger partial charge in [0.25, 0.3) is 11.8 Å². The van der Waals surface area contributed by atoms with Gasteiger partial charge >= 0.3 is 11.3 Å². The maximum atomic E-state index is 12.9. The van der Waals surface area contributed by atoms with E-state index in [9.17, 15) is 49.2 Å². The molecule has 20 nitrogen and oxygen atoms in total. The standard InChI is InChI=1S/C44H50N2O18/c1-19-27(59-41-31(51)29(49)35(57-7)43(3,4)63-41)15-13-21-17-23(39(55)61-33(19)21)45-37(53)25(47)11-9-10-12-26(48)38(54)46-24-18-22-14-16-28(20(2)34(22)62-40(24)56)60-42-32(52)30(50)36(58-8)44(5,6)64-42/h9-10,13-18,29-32,35-36,41-42,49-52H,11-12H2,1-8H3,(H,45,53)(H,46,54)/b10-9+/t29-,30-,31+,32+,35+,36+,41+,42+/m0/s1. The molecule has 0 aliphatic carbocycles. The van der Waals surface area contributed by atoms with Crippen molar-refractivity contribution in [1.29, 1.82) is 0 Å². The fourth-order valence-electron chi connectivity index (χ4n) is 7.65. The second-order valence-electron chi connectivity index (χ2n) is 16.4. The first kappa shape index (κ1) is 47.6. The average molecular weight is 895 g/mol. The van der Waals surface area contributed by atoms with Gasteiger partial charge in [0.05, 0.1) is 11.2 Å². The lowest BCUT2D eigenvalue weighted by molar-refractivity contribution is -0.306. The summed E-state index contributed by atoms with van der Waals surface area (Å²) in [5.74, 6) is -3.94. The van der Waals surface area contributed by atoms with E-state index in [4.69, 9.17) is 37.3 Å². The molecule has 0 radical (unpaired) electrons. The molecule has 2 aromatic heterocycles. The Morgan fingerprint density at radius 2 is 0.984 bits per heavy atom. The Morgan fingerprint density at radius 1 is 0.625 bits per heavy atom. The third-order valence-electron chi connectivity index (χ3n) is 11.1. The fourth-order valence-corrected chi connectivity index (χ4v) is 7.65. The van der Waals surface area contributed by atoms with Crippen LogP contribution in [0.4, 0.5) is 11.4 Å². The number of Topliss-reactive ketones (excluding diaryl/α,β-unsaturated/α-hetero) is 2. The highest BCUT2D eigenvalue weighted by molar-refractivity contribution is 6.41. The number of aliphatic hydroxyl groups is 4. The van der Waals surface area contributed by atoms with Gasteiger partial charge in [-0.05, 0) is 77.9 Å². The Bertz CT molecular complexity index is 2440. The quantitative estimate of drug-likeness (QED) is 0.0600. The number of carbonyl (C=O) groups excluding carboxylic acids is 4. The van der Waals surface area contributed by atoms with Gasteiger partial charge in [-0.15, -0.1) is 0 Å². The van der Waals surface area contributed by atoms with Crippen LogP contribution in [0, 0.1) is 13.8 Å². The number of methoxy groups -OCH3 is 2. The van der Waals surface area contributed by atoms with E-state index in [0.29, 0.717) is 21.9 Å². The molecule has 0 spiro atoms. The van der Waals surface area contributed by atoms with Crippen LogP contribution >= 0.6 is 0 Å². The average Bonchev–Trinajstić information content (AvgIpc) is 3.23. The molecule has 2 fully saturated rings. The normalized spacial score (nSPS) is 25.2. The van der Waals surface area contributed by atoms with Gasteiger partial charge in [-0.1, -0.05) is 12.2 Å². The monoisotopic (exact) mass is 894 g/mol. The van der Waals surface area contributed by atoms with E-state index in [1.54, 1.807) is 41.5 Å². The number of hydrogen-bond donors (Lipinski definition) is 6. The summed E-state index contributed by atoms with van der Waals surface area (Å²) in [5.41, 5.74) is -3.85. The number of ether oxygens (including phenoxy) is 6. The molecule has 2 aliphatic rings. The van der Waals surface area contributed by atoms with E-state index < -0.39 is 108 Å². The number of anilines is 2. The van der Waals surface area contributed by atoms with Crippen molar-refractivity contribution in [3.63, 3.8) is 0 Å². The molecule has 20 heteroatoms. The highest BCUT2D eigenvalue weighted by Gasteiger charge is 2.52. The molecule has 0 saturated carbocycles. The topological polar surface area (TPSA) is 289 Å². The maximum absolute atomic E-state index is 12.9. The zero-order valence-electron chi connectivity index (χ0n) is 36.2. The summed E-state index contributed by atoms with van der Waals surface area (Å²) >= 11 is 0. The summed E-state index contributed by atoms with van der Waals surface area (Å²) < 4.78 is 45.0. The van der Waals surface area contributed by atoms with Crippen molar-refractivity contribution in [3.05, 3.63) is 80.5 Å². The van der Waals surface area contributed by atoms with Gasteiger partial charge in [-0.3, -0.25) is 19.2 Å². The molecule has 2 saturated heterocycles. The van der Waals surface area contributed by atoms with Crippen molar-refractivity contribution in [2.24, 2.45) is 0 Å². The molecule has 0 unspecified atom stereocenters. The molecule has 4 aromatic rings. The predicted molar refractivity (Wildman–Crippen MR) is 225 cm³/mol. The summed E-state index contributed by atoms with van der Waals surface area (Å²) in [6.07, 6.45) is -8.49. The fraction of sp³-hybridized carbons (Fsp3) is 0.455. The second kappa shape index (κ2) is 18.7. The third-order valence-corrected chi connectivity index (χ3v) is 11.1. The van der Waals surface area contributed by atoms with E-state index >= 15 is 0 Å². The Balaban J connectivity index is 1.02. The number of aliphatic hydroxyl groups excluding tert-OH is 4. The lowest BCUT2D eigenvalue weighted by Gasteiger charge is -2.46. The van der Waals surface area contributed by atoms with Crippen molar-refractivity contribution < 1.29 is 76.9 Å². The van der Waals surface area contributed by atoms with Crippen molar-refractivity contribution >= 4 is 56.7 Å². The second-order valence-corrected chi connectivity index (χ2v) is 16.4. The van der Waals surface area contributed by atoms with Crippen molar-refractivity contribution in [1.82, 2.24) is 0 Å². The van der Waals surface area contributed by atoms with E-state index in [-0.39, 0.29) is 34.0 Å². The zero-order valence-corrected chi connectivity index (χ0v) is 36.2. The molecule has 6 rings (SSSR count). The molecular weight excluding hydrogens is 844 g/mol. The van der Waals surface area contributed by atoms with Crippen LogP contribution in [0.15, 0.2) is 67.0 Å². The van der Waals surface area contributed by atoms with Crippen LogP contribution in [0.2, 0.25) is 0 Å². The van der Waals surface area contributed by atoms with E-state index in [2.05, 4.69) is 10.6 Å². The minimum Gasteiger partial charge on any atom is -0.462 e. The first-order valence-corrected chi connectivity index (χ1v) is 20.0. The Labute approximate surface area is 364 Å². The van der Waals surface area contributed by atoms with Gasteiger partial charge in [0.2, 0.25) is 24.1 Å². The number of rotatable bonds is 14. The first-order chi connectivity index (χ1) is 30.1. The van der Waals surface area contributed by atoms with Crippen LogP contribution in [0.25, 0.3) is 21.9 Å². The van der Waals surface area contributed by atoms with Gasteiger partial charge in [0.1, 0.15) is 70.7 Å². The van der Waals surface area contributed by atoms with E-state index in [0.717, 1.165) is 0 Å². The molecule has 64 heavy (non-hydrogen) atoms. The van der Waals surface area contributed by atoms with Gasteiger partial charge in [0.15, 0.2) is 0 Å². The summed E-state index contributed by atoms with van der Waals surface area (Å²) in [5, 5.41) is 47.6. The summed E-state index contributed by atoms with van der Waals surface area (Å²) in [6, 6.07) is 8.63. The zero-order chi connectivity index (χ0) is 47.0. The highest BCUT2D eigenvalue weighted by atomic mass is 16.7. The first-order valence-electron chi connectivity index (χ1n) is 20.0. The number of ketones is 2. The summed E-state index contributed by atoms with van der Waals surface area (Å²) in [4.78, 5) is 76.4. The molecular formula is C44H50N2O18. The number of aryl methyl sites for hydroxylation is 2. The number of allylic oxidation sites excluding steroid dienone is 2. The lowest BCUT2D eigenvalue weighted by Crippen LogP contribution is -2.63. The molecule has 344 valence electrons. The largest absolute Gasteiger partial charge is 0.462 e. The van der Waals surface area contributed by atoms with E-state index in [1.165, 1.54) is 62.8 Å².